The molecule has 88 valence electrons. The van der Waals surface area contributed by atoms with E-state index in [0.717, 1.165) is 4.57 Å². The topological polar surface area (TPSA) is 105 Å². The van der Waals surface area contributed by atoms with Gasteiger partial charge < -0.3 is 20.1 Å². The molecule has 2 rings (SSSR count). The lowest BCUT2D eigenvalue weighted by Crippen LogP contribution is -2.35. The van der Waals surface area contributed by atoms with Gasteiger partial charge in [0.05, 0.1) is 6.61 Å². The van der Waals surface area contributed by atoms with Crippen molar-refractivity contribution in [3.63, 3.8) is 0 Å². The second-order valence-electron chi connectivity index (χ2n) is 3.54. The monoisotopic (exact) mass is 228 g/mol. The summed E-state index contributed by atoms with van der Waals surface area (Å²) in [4.78, 5) is 14.9. The lowest BCUT2D eigenvalue weighted by Gasteiger charge is -2.16. The van der Waals surface area contributed by atoms with Gasteiger partial charge in [-0.3, -0.25) is 4.57 Å². The Labute approximate surface area is 90.6 Å². The smallest absolute Gasteiger partial charge is 0.349 e. The first-order valence-corrected chi connectivity index (χ1v) is 4.80. The zero-order chi connectivity index (χ0) is 11.7. The Kier molecular flexibility index (Phi) is 3.01. The van der Waals surface area contributed by atoms with E-state index >= 15 is 0 Å². The maximum absolute atomic E-state index is 11.4. The first-order valence-electron chi connectivity index (χ1n) is 4.80. The van der Waals surface area contributed by atoms with E-state index in [1.54, 1.807) is 0 Å². The zero-order valence-electron chi connectivity index (χ0n) is 8.30. The van der Waals surface area contributed by atoms with Crippen LogP contribution in [0.2, 0.25) is 0 Å². The molecular formula is C9H12N2O5. The highest BCUT2D eigenvalue weighted by atomic mass is 16.6. The van der Waals surface area contributed by atoms with E-state index in [9.17, 15) is 15.0 Å². The van der Waals surface area contributed by atoms with Gasteiger partial charge in [-0.1, -0.05) is 0 Å². The summed E-state index contributed by atoms with van der Waals surface area (Å²) >= 11 is 0. The van der Waals surface area contributed by atoms with Crippen LogP contribution in [0.4, 0.5) is 0 Å². The molecule has 7 heteroatoms. The van der Waals surface area contributed by atoms with E-state index in [-0.39, 0.29) is 0 Å². The molecule has 1 aromatic rings. The van der Waals surface area contributed by atoms with Crippen molar-refractivity contribution in [3.05, 3.63) is 28.9 Å². The molecule has 0 saturated carbocycles. The molecule has 2 heterocycles. The van der Waals surface area contributed by atoms with Crippen LogP contribution in [-0.2, 0) is 4.74 Å². The molecule has 7 nitrogen and oxygen atoms in total. The summed E-state index contributed by atoms with van der Waals surface area (Å²) in [5, 5.41) is 28.1. The number of hydrogen-bond donors (Lipinski definition) is 3. The summed E-state index contributed by atoms with van der Waals surface area (Å²) in [6.07, 6.45) is -1.68. The van der Waals surface area contributed by atoms with Crippen molar-refractivity contribution >= 4 is 0 Å². The van der Waals surface area contributed by atoms with Crippen molar-refractivity contribution in [2.45, 2.75) is 24.5 Å². The average molecular weight is 228 g/mol. The Morgan fingerprint density at radius 1 is 1.44 bits per heavy atom. The van der Waals surface area contributed by atoms with Gasteiger partial charge in [-0.05, 0) is 6.07 Å². The van der Waals surface area contributed by atoms with Gasteiger partial charge in [-0.15, -0.1) is 0 Å². The lowest BCUT2D eigenvalue weighted by molar-refractivity contribution is -0.0549. The third-order valence-corrected chi connectivity index (χ3v) is 2.53. The molecule has 0 radical (unpaired) electrons. The summed E-state index contributed by atoms with van der Waals surface area (Å²) in [5.41, 5.74) is -0.586. The van der Waals surface area contributed by atoms with Gasteiger partial charge in [0, 0.05) is 12.4 Å². The number of aromatic nitrogens is 2. The maximum Gasteiger partial charge on any atom is 0.349 e. The standard InChI is InChI=1S/C9H12N2O5/c12-4-5-6(13)7(14)8(16-5)11-3-1-2-10-9(11)15/h1-3,5-8,12-14H,4H2/t5?,6-,7-,8+/m0/s1. The molecular weight excluding hydrogens is 216 g/mol. The van der Waals surface area contributed by atoms with Crippen molar-refractivity contribution in [1.82, 2.24) is 9.55 Å². The number of aliphatic hydroxyl groups is 3. The number of ether oxygens (including phenoxy) is 1. The number of nitrogens with zero attached hydrogens (tertiary/aromatic N) is 2. The van der Waals surface area contributed by atoms with Crippen LogP contribution in [0.1, 0.15) is 6.23 Å². The normalized spacial score (nSPS) is 34.2. The Bertz CT molecular complexity index is 420. The Morgan fingerprint density at radius 2 is 2.19 bits per heavy atom. The highest BCUT2D eigenvalue weighted by Crippen LogP contribution is 2.27. The van der Waals surface area contributed by atoms with Crippen LogP contribution < -0.4 is 5.69 Å². The molecule has 3 N–H and O–H groups in total. The summed E-state index contributed by atoms with van der Waals surface area (Å²) in [6, 6.07) is 1.51. The predicted octanol–water partition coefficient (Wildman–Crippen LogP) is -2.15. The Balaban J connectivity index is 2.30. The van der Waals surface area contributed by atoms with E-state index in [1.165, 1.54) is 18.5 Å². The molecule has 1 unspecified atom stereocenters. The van der Waals surface area contributed by atoms with E-state index in [0.29, 0.717) is 0 Å². The first-order chi connectivity index (χ1) is 7.65. The second kappa shape index (κ2) is 4.30. The van der Waals surface area contributed by atoms with Crippen molar-refractivity contribution in [1.29, 1.82) is 0 Å². The van der Waals surface area contributed by atoms with E-state index < -0.39 is 36.8 Å². The van der Waals surface area contributed by atoms with Gasteiger partial charge in [0.1, 0.15) is 18.3 Å². The molecule has 0 aromatic carbocycles. The minimum atomic E-state index is -1.26. The fraction of sp³-hybridized carbons (Fsp3) is 0.556. The summed E-state index contributed by atoms with van der Waals surface area (Å²) in [5.74, 6) is 0. The van der Waals surface area contributed by atoms with Gasteiger partial charge in [0.2, 0.25) is 0 Å². The average Bonchev–Trinajstić information content (AvgIpc) is 2.57. The van der Waals surface area contributed by atoms with E-state index in [2.05, 4.69) is 4.98 Å². The Hall–Kier alpha value is -1.28. The highest BCUT2D eigenvalue weighted by molar-refractivity contribution is 4.92. The lowest BCUT2D eigenvalue weighted by atomic mass is 10.1. The van der Waals surface area contributed by atoms with Gasteiger partial charge in [0.25, 0.3) is 0 Å². The zero-order valence-corrected chi connectivity index (χ0v) is 8.30. The van der Waals surface area contributed by atoms with Crippen LogP contribution in [0.3, 0.4) is 0 Å². The van der Waals surface area contributed by atoms with Gasteiger partial charge in [-0.2, -0.15) is 0 Å². The molecule has 0 bridgehead atoms. The van der Waals surface area contributed by atoms with E-state index in [4.69, 9.17) is 9.84 Å². The third-order valence-electron chi connectivity index (χ3n) is 2.53. The minimum Gasteiger partial charge on any atom is -0.394 e. The van der Waals surface area contributed by atoms with Gasteiger partial charge >= 0.3 is 5.69 Å². The SMILES string of the molecule is O=c1ncccn1[C@@H]1OC(CO)[C@H](O)[C@@H]1O. The molecule has 4 atom stereocenters. The third kappa shape index (κ3) is 1.74. The van der Waals surface area contributed by atoms with Gasteiger partial charge in [-0.25, -0.2) is 9.78 Å². The first kappa shape index (κ1) is 11.2. The number of aliphatic hydroxyl groups excluding tert-OH is 3. The van der Waals surface area contributed by atoms with Crippen LogP contribution in [0.15, 0.2) is 23.3 Å². The summed E-state index contributed by atoms with van der Waals surface area (Å²) in [6.45, 7) is -0.427. The van der Waals surface area contributed by atoms with Crippen LogP contribution in [-0.4, -0.2) is 49.8 Å². The van der Waals surface area contributed by atoms with Crippen molar-refractivity contribution in [3.8, 4) is 0 Å². The summed E-state index contributed by atoms with van der Waals surface area (Å²) < 4.78 is 6.25. The minimum absolute atomic E-state index is 0.427. The largest absolute Gasteiger partial charge is 0.394 e. The van der Waals surface area contributed by atoms with E-state index in [1.807, 2.05) is 0 Å². The van der Waals surface area contributed by atoms with Crippen LogP contribution in [0.25, 0.3) is 0 Å². The van der Waals surface area contributed by atoms with Crippen LogP contribution in [0, 0.1) is 0 Å². The van der Waals surface area contributed by atoms with Crippen LogP contribution in [0.5, 0.6) is 0 Å². The molecule has 0 spiro atoms. The van der Waals surface area contributed by atoms with Crippen molar-refractivity contribution in [2.75, 3.05) is 6.61 Å². The molecule has 1 aliphatic heterocycles. The van der Waals surface area contributed by atoms with Crippen molar-refractivity contribution in [2.24, 2.45) is 0 Å². The fourth-order valence-corrected chi connectivity index (χ4v) is 1.67. The molecule has 0 amide bonds. The number of rotatable bonds is 2. The predicted molar refractivity (Wildman–Crippen MR) is 51.5 cm³/mol. The number of hydrogen-bond acceptors (Lipinski definition) is 6. The highest BCUT2D eigenvalue weighted by Gasteiger charge is 2.43. The Morgan fingerprint density at radius 3 is 2.75 bits per heavy atom. The molecule has 1 aromatic heterocycles. The maximum atomic E-state index is 11.4. The van der Waals surface area contributed by atoms with Crippen LogP contribution >= 0.6 is 0 Å². The molecule has 16 heavy (non-hydrogen) atoms. The molecule has 0 aliphatic carbocycles. The van der Waals surface area contributed by atoms with Gasteiger partial charge in [0.15, 0.2) is 6.23 Å². The summed E-state index contributed by atoms with van der Waals surface area (Å²) in [7, 11) is 0. The quantitative estimate of drug-likeness (QED) is 0.533. The molecule has 1 saturated heterocycles. The second-order valence-corrected chi connectivity index (χ2v) is 3.54. The van der Waals surface area contributed by atoms with Crippen molar-refractivity contribution < 1.29 is 20.1 Å². The molecule has 1 fully saturated rings. The molecule has 1 aliphatic rings. The fourth-order valence-electron chi connectivity index (χ4n) is 1.67.